The lowest BCUT2D eigenvalue weighted by Gasteiger charge is -2.16. The molecular weight excluding hydrogens is 468 g/mol. The Morgan fingerprint density at radius 1 is 1.22 bits per heavy atom. The molecule has 190 valence electrons. The van der Waals surface area contributed by atoms with Gasteiger partial charge in [-0.25, -0.2) is 18.7 Å². The second kappa shape index (κ2) is 9.48. The quantitative estimate of drug-likeness (QED) is 0.516. The maximum absolute atomic E-state index is 15.4. The van der Waals surface area contributed by atoms with Crippen molar-refractivity contribution in [2.45, 2.75) is 52.2 Å². The summed E-state index contributed by atoms with van der Waals surface area (Å²) in [5.74, 6) is -0.260. The van der Waals surface area contributed by atoms with Gasteiger partial charge in [-0.3, -0.25) is 9.59 Å². The summed E-state index contributed by atoms with van der Waals surface area (Å²) in [6, 6.07) is 2.58. The standard InChI is InChI=1S/C26H29F2N5O3/c1-4-19(34)33-9-16(27)17(10-33)32-26(35)20-14(3)31-25-23(20)29-12-30-24(25)21-18(36-11-15-6-7-15)8-5-13(2)22(21)28/h5,8,12,15-17,31H,4,6-7,9-11H2,1-3H3,(H,32,35)/t16-,17-/m1/s1. The number of nitrogens with one attached hydrogen (secondary N) is 2. The van der Waals surface area contributed by atoms with Gasteiger partial charge in [-0.1, -0.05) is 13.0 Å². The first-order valence-corrected chi connectivity index (χ1v) is 12.3. The number of carbonyl (C=O) groups excluding carboxylic acids is 2. The third-order valence-electron chi connectivity index (χ3n) is 6.92. The van der Waals surface area contributed by atoms with Gasteiger partial charge >= 0.3 is 0 Å². The number of alkyl halides is 1. The number of nitrogens with zero attached hydrogens (tertiary/aromatic N) is 3. The van der Waals surface area contributed by atoms with Gasteiger partial charge in [0.25, 0.3) is 5.91 Å². The van der Waals surface area contributed by atoms with Crippen molar-refractivity contribution in [3.8, 4) is 17.0 Å². The molecule has 1 aliphatic heterocycles. The van der Waals surface area contributed by atoms with E-state index in [-0.39, 0.29) is 42.2 Å². The monoisotopic (exact) mass is 497 g/mol. The number of hydrogen-bond donors (Lipinski definition) is 2. The van der Waals surface area contributed by atoms with Gasteiger partial charge < -0.3 is 19.9 Å². The second-order valence-corrected chi connectivity index (χ2v) is 9.64. The van der Waals surface area contributed by atoms with Gasteiger partial charge in [0.15, 0.2) is 0 Å². The highest BCUT2D eigenvalue weighted by atomic mass is 19.1. The average molecular weight is 498 g/mol. The van der Waals surface area contributed by atoms with Crippen LogP contribution in [0.15, 0.2) is 18.5 Å². The number of ether oxygens (including phenoxy) is 1. The summed E-state index contributed by atoms with van der Waals surface area (Å²) in [5.41, 5.74) is 2.37. The smallest absolute Gasteiger partial charge is 0.255 e. The van der Waals surface area contributed by atoms with Crippen LogP contribution in [0.5, 0.6) is 5.75 Å². The van der Waals surface area contributed by atoms with Crippen LogP contribution in [-0.2, 0) is 4.79 Å². The lowest BCUT2D eigenvalue weighted by molar-refractivity contribution is -0.130. The van der Waals surface area contributed by atoms with Crippen molar-refractivity contribution in [3.63, 3.8) is 0 Å². The highest BCUT2D eigenvalue weighted by Gasteiger charge is 2.37. The molecule has 10 heteroatoms. The fourth-order valence-electron chi connectivity index (χ4n) is 4.65. The van der Waals surface area contributed by atoms with E-state index in [1.807, 2.05) is 0 Å². The lowest BCUT2D eigenvalue weighted by atomic mass is 10.0. The number of aryl methyl sites for hydroxylation is 2. The lowest BCUT2D eigenvalue weighted by Crippen LogP contribution is -2.42. The van der Waals surface area contributed by atoms with E-state index in [0.29, 0.717) is 40.6 Å². The van der Waals surface area contributed by atoms with Crippen LogP contribution in [0.4, 0.5) is 8.78 Å². The topological polar surface area (TPSA) is 100 Å². The number of carbonyl (C=O) groups is 2. The Kier molecular flexibility index (Phi) is 6.36. The minimum atomic E-state index is -1.37. The van der Waals surface area contributed by atoms with Crippen LogP contribution in [0, 0.1) is 25.6 Å². The molecule has 8 nitrogen and oxygen atoms in total. The summed E-state index contributed by atoms with van der Waals surface area (Å²) in [6.45, 7) is 5.65. The molecule has 1 saturated heterocycles. The Morgan fingerprint density at radius 3 is 2.72 bits per heavy atom. The molecule has 1 aliphatic carbocycles. The second-order valence-electron chi connectivity index (χ2n) is 9.64. The molecule has 2 aliphatic rings. The Labute approximate surface area is 207 Å². The van der Waals surface area contributed by atoms with E-state index >= 15 is 4.39 Å². The average Bonchev–Trinajstić information content (AvgIpc) is 3.53. The highest BCUT2D eigenvalue weighted by Crippen LogP contribution is 2.39. The predicted octanol–water partition coefficient (Wildman–Crippen LogP) is 3.86. The first-order valence-electron chi connectivity index (χ1n) is 12.3. The molecule has 3 heterocycles. The molecule has 2 aromatic heterocycles. The Hall–Kier alpha value is -3.56. The molecule has 2 amide bonds. The van der Waals surface area contributed by atoms with E-state index in [0.717, 1.165) is 12.8 Å². The van der Waals surface area contributed by atoms with E-state index in [2.05, 4.69) is 20.3 Å². The number of amides is 2. The molecule has 1 saturated carbocycles. The van der Waals surface area contributed by atoms with Crippen molar-refractivity contribution < 1.29 is 23.1 Å². The molecule has 36 heavy (non-hydrogen) atoms. The van der Waals surface area contributed by atoms with E-state index < -0.39 is 23.9 Å². The van der Waals surface area contributed by atoms with E-state index in [4.69, 9.17) is 4.74 Å². The molecule has 0 unspecified atom stereocenters. The van der Waals surface area contributed by atoms with Gasteiger partial charge in [-0.2, -0.15) is 0 Å². The third-order valence-corrected chi connectivity index (χ3v) is 6.92. The van der Waals surface area contributed by atoms with Crippen LogP contribution in [0.3, 0.4) is 0 Å². The van der Waals surface area contributed by atoms with E-state index in [1.54, 1.807) is 32.9 Å². The largest absolute Gasteiger partial charge is 0.492 e. The van der Waals surface area contributed by atoms with Gasteiger partial charge in [0.2, 0.25) is 5.91 Å². The summed E-state index contributed by atoms with van der Waals surface area (Å²) in [7, 11) is 0. The summed E-state index contributed by atoms with van der Waals surface area (Å²) >= 11 is 0. The minimum Gasteiger partial charge on any atom is -0.492 e. The first-order chi connectivity index (χ1) is 17.3. The van der Waals surface area contributed by atoms with Crippen molar-refractivity contribution in [1.82, 2.24) is 25.2 Å². The Bertz CT molecular complexity index is 1340. The van der Waals surface area contributed by atoms with Gasteiger partial charge in [0.05, 0.1) is 35.8 Å². The number of likely N-dealkylation sites (tertiary alicyclic amines) is 1. The molecule has 0 bridgehead atoms. The van der Waals surface area contributed by atoms with Crippen LogP contribution < -0.4 is 10.1 Å². The summed E-state index contributed by atoms with van der Waals surface area (Å²) in [5, 5.41) is 2.72. The normalized spacial score (nSPS) is 19.6. The minimum absolute atomic E-state index is 0.0485. The summed E-state index contributed by atoms with van der Waals surface area (Å²) in [4.78, 5) is 38.4. The molecule has 2 atom stereocenters. The zero-order valence-electron chi connectivity index (χ0n) is 20.5. The van der Waals surface area contributed by atoms with Gasteiger partial charge in [0.1, 0.15) is 35.3 Å². The molecule has 5 rings (SSSR count). The molecule has 0 spiro atoms. The van der Waals surface area contributed by atoms with Crippen molar-refractivity contribution in [2.24, 2.45) is 5.92 Å². The van der Waals surface area contributed by atoms with Crippen molar-refractivity contribution >= 4 is 22.8 Å². The van der Waals surface area contributed by atoms with Crippen LogP contribution >= 0.6 is 0 Å². The van der Waals surface area contributed by atoms with Crippen LogP contribution in [0.25, 0.3) is 22.3 Å². The molecule has 2 fully saturated rings. The number of halogens is 2. The maximum atomic E-state index is 15.4. The summed E-state index contributed by atoms with van der Waals surface area (Å²) in [6.07, 6.45) is 2.38. The molecular formula is C26H29F2N5O3. The number of benzene rings is 1. The van der Waals surface area contributed by atoms with Crippen LogP contribution in [0.1, 0.15) is 47.8 Å². The fraction of sp³-hybridized carbons (Fsp3) is 0.462. The number of hydrogen-bond acceptors (Lipinski definition) is 5. The summed E-state index contributed by atoms with van der Waals surface area (Å²) < 4.78 is 36.0. The predicted molar refractivity (Wildman–Crippen MR) is 130 cm³/mol. The van der Waals surface area contributed by atoms with E-state index in [1.165, 1.54) is 11.2 Å². The fourth-order valence-corrected chi connectivity index (χ4v) is 4.65. The Balaban J connectivity index is 1.49. The van der Waals surface area contributed by atoms with Crippen LogP contribution in [0.2, 0.25) is 0 Å². The molecule has 0 radical (unpaired) electrons. The van der Waals surface area contributed by atoms with Gasteiger partial charge in [-0.15, -0.1) is 0 Å². The molecule has 1 aromatic carbocycles. The SMILES string of the molecule is CCC(=O)N1C[C@@H](F)[C@H](NC(=O)c2c(C)[nH]c3c(-c4c(OCC5CC5)ccc(C)c4F)ncnc23)C1. The number of aromatic amines is 1. The zero-order valence-corrected chi connectivity index (χ0v) is 20.5. The number of rotatable bonds is 7. The van der Waals surface area contributed by atoms with Crippen molar-refractivity contribution in [3.05, 3.63) is 41.1 Å². The number of aromatic nitrogens is 3. The van der Waals surface area contributed by atoms with E-state index in [9.17, 15) is 14.0 Å². The number of H-pyrrole nitrogens is 1. The first kappa shape index (κ1) is 24.1. The van der Waals surface area contributed by atoms with Crippen LogP contribution in [-0.4, -0.2) is 63.6 Å². The van der Waals surface area contributed by atoms with Crippen molar-refractivity contribution in [2.75, 3.05) is 19.7 Å². The number of fused-ring (bicyclic) bond motifs is 1. The zero-order chi connectivity index (χ0) is 25.6. The maximum Gasteiger partial charge on any atom is 0.255 e. The highest BCUT2D eigenvalue weighted by molar-refractivity contribution is 6.09. The van der Waals surface area contributed by atoms with Crippen molar-refractivity contribution in [1.29, 1.82) is 0 Å². The molecule has 2 N–H and O–H groups in total. The van der Waals surface area contributed by atoms with Gasteiger partial charge in [0, 0.05) is 18.7 Å². The Morgan fingerprint density at radius 2 is 2.00 bits per heavy atom. The molecule has 3 aromatic rings. The van der Waals surface area contributed by atoms with Gasteiger partial charge in [-0.05, 0) is 44.2 Å². The third kappa shape index (κ3) is 4.40.